The van der Waals surface area contributed by atoms with Crippen LogP contribution < -0.4 is 5.73 Å². The minimum atomic E-state index is 0.487. The molecule has 5 heteroatoms. The second kappa shape index (κ2) is 2.37. The van der Waals surface area contributed by atoms with Gasteiger partial charge < -0.3 is 14.8 Å². The highest BCUT2D eigenvalue weighted by atomic mass is 16.5. The van der Waals surface area contributed by atoms with Gasteiger partial charge in [0, 0.05) is 0 Å². The van der Waals surface area contributed by atoms with Crippen LogP contribution in [-0.2, 0) is 0 Å². The van der Waals surface area contributed by atoms with Crippen LogP contribution in [0.15, 0.2) is 21.4 Å². The summed E-state index contributed by atoms with van der Waals surface area (Å²) in [7, 11) is 0. The lowest BCUT2D eigenvalue weighted by atomic mass is 10.2. The molecule has 0 aliphatic carbocycles. The summed E-state index contributed by atoms with van der Waals surface area (Å²) in [6, 6.07) is 0. The standard InChI is InChI=1S/C7H7N3O2/c1-4-5(2-9-11-4)7-6(8)3-10-12-7/h2-3H,8H2,1H3. The summed E-state index contributed by atoms with van der Waals surface area (Å²) in [4.78, 5) is 0. The average molecular weight is 165 g/mol. The van der Waals surface area contributed by atoms with E-state index in [0.29, 0.717) is 17.2 Å². The van der Waals surface area contributed by atoms with Crippen molar-refractivity contribution in [2.45, 2.75) is 6.92 Å². The summed E-state index contributed by atoms with van der Waals surface area (Å²) in [5.41, 5.74) is 6.80. The third kappa shape index (κ3) is 0.868. The Morgan fingerprint density at radius 2 is 2.00 bits per heavy atom. The molecule has 0 spiro atoms. The molecule has 0 bridgehead atoms. The molecule has 2 aromatic rings. The first-order valence-corrected chi connectivity index (χ1v) is 3.41. The number of aryl methyl sites for hydroxylation is 1. The van der Waals surface area contributed by atoms with Gasteiger partial charge in [0.15, 0.2) is 5.76 Å². The van der Waals surface area contributed by atoms with Crippen LogP contribution in [0.25, 0.3) is 11.3 Å². The van der Waals surface area contributed by atoms with E-state index < -0.39 is 0 Å². The molecule has 12 heavy (non-hydrogen) atoms. The minimum Gasteiger partial charge on any atom is -0.394 e. The Balaban J connectivity index is 2.57. The molecule has 0 unspecified atom stereocenters. The first-order chi connectivity index (χ1) is 5.79. The van der Waals surface area contributed by atoms with Crippen molar-refractivity contribution in [2.75, 3.05) is 5.73 Å². The Hall–Kier alpha value is -1.78. The quantitative estimate of drug-likeness (QED) is 0.687. The van der Waals surface area contributed by atoms with Gasteiger partial charge in [-0.25, -0.2) is 0 Å². The van der Waals surface area contributed by atoms with Gasteiger partial charge in [0.2, 0.25) is 0 Å². The SMILES string of the molecule is Cc1oncc1-c1oncc1N. The number of nitrogen functional groups attached to an aromatic ring is 1. The number of rotatable bonds is 1. The Morgan fingerprint density at radius 1 is 1.25 bits per heavy atom. The summed E-state index contributed by atoms with van der Waals surface area (Å²) in [5, 5.41) is 7.15. The minimum absolute atomic E-state index is 0.487. The van der Waals surface area contributed by atoms with Crippen LogP contribution in [0.4, 0.5) is 5.69 Å². The Kier molecular flexibility index (Phi) is 1.36. The predicted octanol–water partition coefficient (Wildman–Crippen LogP) is 1.22. The van der Waals surface area contributed by atoms with Crippen molar-refractivity contribution in [3.8, 4) is 11.3 Å². The first-order valence-electron chi connectivity index (χ1n) is 3.41. The fraction of sp³-hybridized carbons (Fsp3) is 0.143. The lowest BCUT2D eigenvalue weighted by Crippen LogP contribution is -1.84. The first kappa shape index (κ1) is 6.90. The van der Waals surface area contributed by atoms with E-state index in [1.165, 1.54) is 6.20 Å². The van der Waals surface area contributed by atoms with Crippen LogP contribution in [-0.4, -0.2) is 10.3 Å². The maximum atomic E-state index is 5.57. The van der Waals surface area contributed by atoms with Crippen LogP contribution in [0.3, 0.4) is 0 Å². The fourth-order valence-electron chi connectivity index (χ4n) is 0.969. The van der Waals surface area contributed by atoms with Gasteiger partial charge in [0.25, 0.3) is 0 Å². The molecule has 0 saturated carbocycles. The van der Waals surface area contributed by atoms with Crippen molar-refractivity contribution in [3.05, 3.63) is 18.2 Å². The zero-order valence-electron chi connectivity index (χ0n) is 6.44. The number of nitrogens with zero attached hydrogens (tertiary/aromatic N) is 2. The van der Waals surface area contributed by atoms with Crippen LogP contribution >= 0.6 is 0 Å². The maximum absolute atomic E-state index is 5.57. The zero-order chi connectivity index (χ0) is 8.55. The van der Waals surface area contributed by atoms with Crippen molar-refractivity contribution in [2.24, 2.45) is 0 Å². The second-order valence-electron chi connectivity index (χ2n) is 2.41. The van der Waals surface area contributed by atoms with Crippen LogP contribution in [0.1, 0.15) is 5.76 Å². The lowest BCUT2D eigenvalue weighted by Gasteiger charge is -1.90. The van der Waals surface area contributed by atoms with E-state index in [2.05, 4.69) is 10.3 Å². The van der Waals surface area contributed by atoms with Crippen molar-refractivity contribution in [3.63, 3.8) is 0 Å². The summed E-state index contributed by atoms with van der Waals surface area (Å²) in [6.07, 6.45) is 2.99. The van der Waals surface area contributed by atoms with Crippen molar-refractivity contribution in [1.29, 1.82) is 0 Å². The molecular weight excluding hydrogens is 158 g/mol. The Labute approximate surface area is 68.1 Å². The largest absolute Gasteiger partial charge is 0.394 e. The van der Waals surface area contributed by atoms with Crippen LogP contribution in [0, 0.1) is 6.92 Å². The molecular formula is C7H7N3O2. The van der Waals surface area contributed by atoms with Gasteiger partial charge >= 0.3 is 0 Å². The number of hydrogen-bond acceptors (Lipinski definition) is 5. The fourth-order valence-corrected chi connectivity index (χ4v) is 0.969. The van der Waals surface area contributed by atoms with Crippen molar-refractivity contribution >= 4 is 5.69 Å². The molecule has 0 amide bonds. The molecule has 0 aromatic carbocycles. The van der Waals surface area contributed by atoms with Gasteiger partial charge in [-0.15, -0.1) is 0 Å². The molecule has 0 radical (unpaired) electrons. The van der Waals surface area contributed by atoms with Crippen LogP contribution in [0.2, 0.25) is 0 Å². The number of nitrogens with two attached hydrogens (primary N) is 1. The Morgan fingerprint density at radius 3 is 2.50 bits per heavy atom. The van der Waals surface area contributed by atoms with Crippen molar-refractivity contribution < 1.29 is 9.05 Å². The maximum Gasteiger partial charge on any atom is 0.194 e. The average Bonchev–Trinajstić information content (AvgIpc) is 2.59. The van der Waals surface area contributed by atoms with E-state index in [1.807, 2.05) is 0 Å². The molecule has 2 rings (SSSR count). The highest BCUT2D eigenvalue weighted by Gasteiger charge is 2.13. The van der Waals surface area contributed by atoms with E-state index in [-0.39, 0.29) is 0 Å². The summed E-state index contributed by atoms with van der Waals surface area (Å²) in [6.45, 7) is 1.78. The van der Waals surface area contributed by atoms with Crippen molar-refractivity contribution in [1.82, 2.24) is 10.3 Å². The number of hydrogen-bond donors (Lipinski definition) is 1. The smallest absolute Gasteiger partial charge is 0.194 e. The topological polar surface area (TPSA) is 78.1 Å². The van der Waals surface area contributed by atoms with Crippen LogP contribution in [0.5, 0.6) is 0 Å². The molecule has 2 aromatic heterocycles. The van der Waals surface area contributed by atoms with Gasteiger partial charge in [-0.05, 0) is 6.92 Å². The summed E-state index contributed by atoms with van der Waals surface area (Å²) in [5.74, 6) is 1.17. The summed E-state index contributed by atoms with van der Waals surface area (Å²) < 4.78 is 9.76. The molecule has 5 nitrogen and oxygen atoms in total. The monoisotopic (exact) mass is 165 g/mol. The third-order valence-corrected chi connectivity index (χ3v) is 1.59. The van der Waals surface area contributed by atoms with E-state index in [0.717, 1.165) is 5.56 Å². The van der Waals surface area contributed by atoms with Gasteiger partial charge in [0.1, 0.15) is 11.4 Å². The zero-order valence-corrected chi connectivity index (χ0v) is 6.44. The molecule has 0 aliphatic heterocycles. The van der Waals surface area contributed by atoms with E-state index >= 15 is 0 Å². The van der Waals surface area contributed by atoms with Gasteiger partial charge in [-0.2, -0.15) is 0 Å². The van der Waals surface area contributed by atoms with E-state index in [1.54, 1.807) is 13.1 Å². The van der Waals surface area contributed by atoms with Gasteiger partial charge in [0.05, 0.1) is 18.0 Å². The second-order valence-corrected chi connectivity index (χ2v) is 2.41. The molecule has 2 N–H and O–H groups in total. The Bertz CT molecular complexity index is 353. The summed E-state index contributed by atoms with van der Waals surface area (Å²) >= 11 is 0. The highest BCUT2D eigenvalue weighted by Crippen LogP contribution is 2.27. The molecule has 0 aliphatic rings. The lowest BCUT2D eigenvalue weighted by molar-refractivity contribution is 0.396. The van der Waals surface area contributed by atoms with E-state index in [9.17, 15) is 0 Å². The van der Waals surface area contributed by atoms with E-state index in [4.69, 9.17) is 14.8 Å². The number of anilines is 1. The predicted molar refractivity (Wildman–Crippen MR) is 41.1 cm³/mol. The third-order valence-electron chi connectivity index (χ3n) is 1.59. The molecule has 2 heterocycles. The van der Waals surface area contributed by atoms with Gasteiger partial charge in [-0.3, -0.25) is 0 Å². The van der Waals surface area contributed by atoms with Gasteiger partial charge in [-0.1, -0.05) is 10.3 Å². The normalized spacial score (nSPS) is 10.4. The number of aromatic nitrogens is 2. The molecule has 62 valence electrons. The molecule has 0 fully saturated rings. The molecule has 0 atom stereocenters. The highest BCUT2D eigenvalue weighted by molar-refractivity contribution is 5.70. The molecule has 0 saturated heterocycles.